The van der Waals surface area contributed by atoms with E-state index >= 15 is 0 Å². The van der Waals surface area contributed by atoms with Crippen LogP contribution in [0.15, 0.2) is 81.6 Å². The van der Waals surface area contributed by atoms with Gasteiger partial charge in [-0.15, -0.1) is 0 Å². The fourth-order valence-electron chi connectivity index (χ4n) is 2.73. The molecule has 2 aromatic carbocycles. The zero-order valence-corrected chi connectivity index (χ0v) is 13.0. The second-order valence-electron chi connectivity index (χ2n) is 5.48. The van der Waals surface area contributed by atoms with Crippen molar-refractivity contribution in [3.05, 3.63) is 98.8 Å². The van der Waals surface area contributed by atoms with E-state index < -0.39 is 17.5 Å². The Bertz CT molecular complexity index is 1030. The molecule has 0 amide bonds. The summed E-state index contributed by atoms with van der Waals surface area (Å²) in [5, 5.41) is 4.18. The molecule has 0 fully saturated rings. The molecule has 25 heavy (non-hydrogen) atoms. The van der Waals surface area contributed by atoms with Gasteiger partial charge in [0.05, 0.1) is 0 Å². The number of nitrogens with zero attached hydrogens (tertiary/aromatic N) is 2. The summed E-state index contributed by atoms with van der Waals surface area (Å²) < 4.78 is 0. The molecule has 4 rings (SSSR count). The van der Waals surface area contributed by atoms with Crippen LogP contribution in [0.4, 0.5) is 5.69 Å². The van der Waals surface area contributed by atoms with Crippen LogP contribution >= 0.6 is 0 Å². The quantitative estimate of drug-likeness (QED) is 0.766. The summed E-state index contributed by atoms with van der Waals surface area (Å²) in [6, 6.07) is 18.8. The van der Waals surface area contributed by atoms with Crippen molar-refractivity contribution < 1.29 is 4.84 Å². The molecule has 0 radical (unpaired) electrons. The SMILES string of the molecule is O=c1[nH]cc(N2C(c3ccccc3)=NOC2c2ccccc2)c(=O)[nH]1. The van der Waals surface area contributed by atoms with E-state index in [0.29, 0.717) is 5.84 Å². The normalized spacial score (nSPS) is 16.4. The predicted octanol–water partition coefficient (Wildman–Crippen LogP) is 1.96. The van der Waals surface area contributed by atoms with Crippen LogP contribution in [0.1, 0.15) is 17.4 Å². The molecular formula is C18H14N4O3. The van der Waals surface area contributed by atoms with Gasteiger partial charge < -0.3 is 9.82 Å². The molecule has 0 spiro atoms. The highest BCUT2D eigenvalue weighted by molar-refractivity contribution is 6.10. The smallest absolute Gasteiger partial charge is 0.325 e. The van der Waals surface area contributed by atoms with E-state index in [4.69, 9.17) is 4.84 Å². The topological polar surface area (TPSA) is 90.5 Å². The lowest BCUT2D eigenvalue weighted by Crippen LogP contribution is -2.37. The molecule has 1 atom stereocenters. The van der Waals surface area contributed by atoms with Gasteiger partial charge in [-0.25, -0.2) is 4.79 Å². The summed E-state index contributed by atoms with van der Waals surface area (Å²) in [6.45, 7) is 0. The van der Waals surface area contributed by atoms with Crippen molar-refractivity contribution in [1.29, 1.82) is 0 Å². The van der Waals surface area contributed by atoms with E-state index in [1.165, 1.54) is 6.20 Å². The lowest BCUT2D eigenvalue weighted by Gasteiger charge is -2.24. The van der Waals surface area contributed by atoms with Crippen molar-refractivity contribution >= 4 is 11.5 Å². The molecule has 1 aliphatic heterocycles. The van der Waals surface area contributed by atoms with Crippen LogP contribution in [0.5, 0.6) is 0 Å². The second-order valence-corrected chi connectivity index (χ2v) is 5.48. The van der Waals surface area contributed by atoms with Gasteiger partial charge in [-0.05, 0) is 0 Å². The molecule has 0 saturated carbocycles. The van der Waals surface area contributed by atoms with Crippen LogP contribution in [0.2, 0.25) is 0 Å². The number of rotatable bonds is 3. The number of hydrogen-bond acceptors (Lipinski definition) is 5. The van der Waals surface area contributed by atoms with Crippen LogP contribution in [0, 0.1) is 0 Å². The Morgan fingerprint density at radius 3 is 2.32 bits per heavy atom. The Hall–Kier alpha value is -3.61. The van der Waals surface area contributed by atoms with E-state index in [2.05, 4.69) is 15.1 Å². The van der Waals surface area contributed by atoms with Crippen molar-refractivity contribution in [3.63, 3.8) is 0 Å². The van der Waals surface area contributed by atoms with Crippen LogP contribution in [0.3, 0.4) is 0 Å². The molecule has 0 bridgehead atoms. The molecular weight excluding hydrogens is 320 g/mol. The molecule has 3 aromatic rings. The number of aromatic amines is 2. The first-order valence-corrected chi connectivity index (χ1v) is 7.69. The minimum absolute atomic E-state index is 0.244. The zero-order chi connectivity index (χ0) is 17.2. The first-order valence-electron chi connectivity index (χ1n) is 7.69. The highest BCUT2D eigenvalue weighted by Gasteiger charge is 2.35. The van der Waals surface area contributed by atoms with Gasteiger partial charge >= 0.3 is 5.69 Å². The monoisotopic (exact) mass is 334 g/mol. The van der Waals surface area contributed by atoms with Gasteiger partial charge in [-0.1, -0.05) is 65.8 Å². The fraction of sp³-hybridized carbons (Fsp3) is 0.0556. The van der Waals surface area contributed by atoms with Gasteiger partial charge in [0.2, 0.25) is 6.23 Å². The number of hydrogen-bond donors (Lipinski definition) is 2. The van der Waals surface area contributed by atoms with E-state index in [9.17, 15) is 9.59 Å². The van der Waals surface area contributed by atoms with Gasteiger partial charge in [0.1, 0.15) is 5.69 Å². The maximum Gasteiger partial charge on any atom is 0.325 e. The van der Waals surface area contributed by atoms with E-state index in [0.717, 1.165) is 11.1 Å². The van der Waals surface area contributed by atoms with Gasteiger partial charge in [0.25, 0.3) is 5.56 Å². The van der Waals surface area contributed by atoms with Gasteiger partial charge in [0, 0.05) is 17.3 Å². The third kappa shape index (κ3) is 2.72. The number of oxime groups is 1. The molecule has 2 heterocycles. The standard InChI is InChI=1S/C18H14N4O3/c23-16-14(11-19-18(24)20-16)22-15(12-7-3-1-4-8-12)21-25-17(22)13-9-5-2-6-10-13/h1-11,17H,(H2,19,20,23,24). The van der Waals surface area contributed by atoms with Crippen molar-refractivity contribution in [1.82, 2.24) is 9.97 Å². The Kier molecular flexibility index (Phi) is 3.66. The Morgan fingerprint density at radius 2 is 1.64 bits per heavy atom. The first-order chi connectivity index (χ1) is 12.2. The van der Waals surface area contributed by atoms with Gasteiger partial charge in [-0.2, -0.15) is 0 Å². The largest absolute Gasteiger partial charge is 0.363 e. The van der Waals surface area contributed by atoms with Crippen LogP contribution in [-0.4, -0.2) is 15.8 Å². The summed E-state index contributed by atoms with van der Waals surface area (Å²) in [5.41, 5.74) is 0.796. The molecule has 1 aromatic heterocycles. The van der Waals surface area contributed by atoms with E-state index in [1.807, 2.05) is 60.7 Å². The number of H-pyrrole nitrogens is 2. The minimum atomic E-state index is -0.608. The number of nitrogens with one attached hydrogen (secondary N) is 2. The molecule has 1 aliphatic rings. The van der Waals surface area contributed by atoms with Crippen molar-refractivity contribution in [2.24, 2.45) is 5.16 Å². The zero-order valence-electron chi connectivity index (χ0n) is 13.0. The van der Waals surface area contributed by atoms with Crippen molar-refractivity contribution in [2.75, 3.05) is 4.90 Å². The number of benzene rings is 2. The fourth-order valence-corrected chi connectivity index (χ4v) is 2.73. The van der Waals surface area contributed by atoms with Crippen LogP contribution in [0.25, 0.3) is 0 Å². The third-order valence-electron chi connectivity index (χ3n) is 3.88. The molecule has 0 aliphatic carbocycles. The van der Waals surface area contributed by atoms with E-state index in [-0.39, 0.29) is 5.69 Å². The lowest BCUT2D eigenvalue weighted by molar-refractivity contribution is 0.0866. The van der Waals surface area contributed by atoms with Crippen molar-refractivity contribution in [2.45, 2.75) is 6.23 Å². The highest BCUT2D eigenvalue weighted by Crippen LogP contribution is 2.32. The Labute approximate surface area is 142 Å². The number of aromatic nitrogens is 2. The van der Waals surface area contributed by atoms with Gasteiger partial charge in [0.15, 0.2) is 5.84 Å². The Morgan fingerprint density at radius 1 is 0.960 bits per heavy atom. The first kappa shape index (κ1) is 14.9. The van der Waals surface area contributed by atoms with Gasteiger partial charge in [-0.3, -0.25) is 14.7 Å². The number of anilines is 1. The average molecular weight is 334 g/mol. The molecule has 2 N–H and O–H groups in total. The summed E-state index contributed by atoms with van der Waals surface area (Å²) >= 11 is 0. The molecule has 0 saturated heterocycles. The molecule has 1 unspecified atom stereocenters. The average Bonchev–Trinajstić information content (AvgIpc) is 3.08. The van der Waals surface area contributed by atoms with Crippen LogP contribution < -0.4 is 16.1 Å². The minimum Gasteiger partial charge on any atom is -0.363 e. The lowest BCUT2D eigenvalue weighted by atomic mass is 10.1. The molecule has 7 heteroatoms. The van der Waals surface area contributed by atoms with Crippen molar-refractivity contribution in [3.8, 4) is 0 Å². The summed E-state index contributed by atoms with van der Waals surface area (Å²) in [6.07, 6.45) is 0.757. The molecule has 7 nitrogen and oxygen atoms in total. The maximum absolute atomic E-state index is 12.4. The summed E-state index contributed by atoms with van der Waals surface area (Å²) in [5.74, 6) is 0.493. The number of amidine groups is 1. The van der Waals surface area contributed by atoms with E-state index in [1.54, 1.807) is 4.90 Å². The van der Waals surface area contributed by atoms with Crippen LogP contribution in [-0.2, 0) is 4.84 Å². The third-order valence-corrected chi connectivity index (χ3v) is 3.88. The summed E-state index contributed by atoms with van der Waals surface area (Å²) in [4.78, 5) is 35.8. The molecule has 124 valence electrons. The highest BCUT2D eigenvalue weighted by atomic mass is 16.7. The Balaban J connectivity index is 1.86. The maximum atomic E-state index is 12.4. The predicted molar refractivity (Wildman–Crippen MR) is 93.4 cm³/mol. The summed E-state index contributed by atoms with van der Waals surface area (Å²) in [7, 11) is 0. The second kappa shape index (κ2) is 6.12.